The normalized spacial score (nSPS) is 11.4. The molecule has 0 aliphatic carbocycles. The third-order valence-corrected chi connectivity index (χ3v) is 3.15. The van der Waals surface area contributed by atoms with Gasteiger partial charge >= 0.3 is 0 Å². The van der Waals surface area contributed by atoms with Crippen LogP contribution in [0.3, 0.4) is 0 Å². The van der Waals surface area contributed by atoms with Gasteiger partial charge in [0.1, 0.15) is 12.3 Å². The van der Waals surface area contributed by atoms with Gasteiger partial charge in [0.25, 0.3) is 0 Å². The topological polar surface area (TPSA) is 49.6 Å². The molecule has 0 saturated heterocycles. The van der Waals surface area contributed by atoms with Crippen molar-refractivity contribution in [3.8, 4) is 0 Å². The number of nitrogens with one attached hydrogen (secondary N) is 2. The Morgan fingerprint density at radius 3 is 2.71 bits per heavy atom. The summed E-state index contributed by atoms with van der Waals surface area (Å²) in [5.41, 5.74) is 0.946. The van der Waals surface area contributed by atoms with E-state index in [4.69, 9.17) is 16.0 Å². The molecule has 4 nitrogen and oxygen atoms in total. The number of unbranched alkanes of at least 4 members (excludes halogenated alkanes) is 1. The number of guanidine groups is 1. The lowest BCUT2D eigenvalue weighted by Gasteiger charge is -2.12. The van der Waals surface area contributed by atoms with Crippen molar-refractivity contribution in [2.45, 2.75) is 26.3 Å². The third kappa shape index (κ3) is 5.52. The maximum Gasteiger partial charge on any atom is 0.196 e. The van der Waals surface area contributed by atoms with Crippen molar-refractivity contribution in [2.24, 2.45) is 4.99 Å². The number of anilines is 1. The number of hydrogen-bond donors (Lipinski definition) is 2. The molecular weight excluding hydrogens is 286 g/mol. The van der Waals surface area contributed by atoms with Gasteiger partial charge in [-0.25, -0.2) is 4.99 Å². The van der Waals surface area contributed by atoms with Gasteiger partial charge in [0, 0.05) is 17.3 Å². The quantitative estimate of drug-likeness (QED) is 0.475. The molecular formula is C16H20ClN3O. The van der Waals surface area contributed by atoms with Crippen molar-refractivity contribution in [1.82, 2.24) is 5.32 Å². The van der Waals surface area contributed by atoms with Crippen molar-refractivity contribution in [3.05, 3.63) is 53.4 Å². The number of benzene rings is 1. The molecule has 2 N–H and O–H groups in total. The summed E-state index contributed by atoms with van der Waals surface area (Å²) in [6, 6.07) is 11.3. The smallest absolute Gasteiger partial charge is 0.196 e. The van der Waals surface area contributed by atoms with E-state index in [0.29, 0.717) is 11.6 Å². The van der Waals surface area contributed by atoms with Crippen molar-refractivity contribution in [3.63, 3.8) is 0 Å². The van der Waals surface area contributed by atoms with Gasteiger partial charge in [-0.3, -0.25) is 0 Å². The molecule has 112 valence electrons. The molecule has 0 fully saturated rings. The van der Waals surface area contributed by atoms with Gasteiger partial charge in [-0.2, -0.15) is 0 Å². The van der Waals surface area contributed by atoms with E-state index in [1.807, 2.05) is 36.4 Å². The Balaban J connectivity index is 2.00. The van der Waals surface area contributed by atoms with Gasteiger partial charge in [0.05, 0.1) is 6.26 Å². The first-order chi connectivity index (χ1) is 10.3. The van der Waals surface area contributed by atoms with Crippen LogP contribution in [0.4, 0.5) is 5.69 Å². The lowest BCUT2D eigenvalue weighted by Crippen LogP contribution is -2.31. The summed E-state index contributed by atoms with van der Waals surface area (Å²) in [6.07, 6.45) is 3.89. The first-order valence-corrected chi connectivity index (χ1v) is 7.49. The van der Waals surface area contributed by atoms with E-state index in [1.165, 1.54) is 0 Å². The van der Waals surface area contributed by atoms with Crippen LogP contribution in [0.25, 0.3) is 0 Å². The fourth-order valence-corrected chi connectivity index (χ4v) is 1.88. The van der Waals surface area contributed by atoms with Crippen molar-refractivity contribution in [2.75, 3.05) is 11.9 Å². The second kappa shape index (κ2) is 8.37. The zero-order valence-corrected chi connectivity index (χ0v) is 12.9. The van der Waals surface area contributed by atoms with Gasteiger partial charge in [-0.1, -0.05) is 24.9 Å². The average Bonchev–Trinajstić information content (AvgIpc) is 3.00. The minimum atomic E-state index is 0.502. The van der Waals surface area contributed by atoms with Gasteiger partial charge in [-0.15, -0.1) is 0 Å². The van der Waals surface area contributed by atoms with Crippen LogP contribution in [0.2, 0.25) is 5.02 Å². The molecule has 1 aromatic heterocycles. The summed E-state index contributed by atoms with van der Waals surface area (Å²) in [7, 11) is 0. The van der Waals surface area contributed by atoms with Crippen LogP contribution in [0, 0.1) is 0 Å². The van der Waals surface area contributed by atoms with Crippen LogP contribution in [0.1, 0.15) is 25.5 Å². The van der Waals surface area contributed by atoms with E-state index in [0.717, 1.165) is 36.8 Å². The summed E-state index contributed by atoms with van der Waals surface area (Å²) in [6.45, 7) is 3.55. The van der Waals surface area contributed by atoms with E-state index in [2.05, 4.69) is 22.5 Å². The number of aliphatic imine (C=N–C) groups is 1. The van der Waals surface area contributed by atoms with E-state index in [9.17, 15) is 0 Å². The minimum Gasteiger partial charge on any atom is -0.467 e. The van der Waals surface area contributed by atoms with Crippen LogP contribution in [-0.4, -0.2) is 12.5 Å². The fraction of sp³-hybridized carbons (Fsp3) is 0.312. The minimum absolute atomic E-state index is 0.502. The molecule has 0 saturated carbocycles. The molecule has 0 radical (unpaired) electrons. The highest BCUT2D eigenvalue weighted by atomic mass is 35.5. The summed E-state index contributed by atoms with van der Waals surface area (Å²) in [4.78, 5) is 4.52. The van der Waals surface area contributed by atoms with Gasteiger partial charge in [-0.05, 0) is 42.8 Å². The molecule has 0 unspecified atom stereocenters. The SMILES string of the molecule is CCCCNC(=NCc1ccco1)Nc1ccc(Cl)cc1. The Bertz CT molecular complexity index is 549. The van der Waals surface area contributed by atoms with Crippen LogP contribution in [-0.2, 0) is 6.54 Å². The maximum atomic E-state index is 5.89. The predicted molar refractivity (Wildman–Crippen MR) is 87.8 cm³/mol. The summed E-state index contributed by atoms with van der Waals surface area (Å²) in [5, 5.41) is 7.29. The number of rotatable bonds is 6. The lowest BCUT2D eigenvalue weighted by molar-refractivity contribution is 0.512. The molecule has 0 atom stereocenters. The molecule has 0 amide bonds. The van der Waals surface area contributed by atoms with E-state index in [1.54, 1.807) is 6.26 Å². The molecule has 0 bridgehead atoms. The Kier molecular flexibility index (Phi) is 6.16. The molecule has 1 aromatic carbocycles. The zero-order chi connectivity index (χ0) is 14.9. The molecule has 0 spiro atoms. The third-order valence-electron chi connectivity index (χ3n) is 2.90. The van der Waals surface area contributed by atoms with E-state index in [-0.39, 0.29) is 0 Å². The molecule has 2 aromatic rings. The highest BCUT2D eigenvalue weighted by Gasteiger charge is 2.01. The Hall–Kier alpha value is -1.94. The number of nitrogens with zero attached hydrogens (tertiary/aromatic N) is 1. The van der Waals surface area contributed by atoms with Gasteiger partial charge in [0.2, 0.25) is 0 Å². The highest BCUT2D eigenvalue weighted by molar-refractivity contribution is 6.30. The molecule has 0 aliphatic heterocycles. The number of furan rings is 1. The maximum absolute atomic E-state index is 5.89. The van der Waals surface area contributed by atoms with Gasteiger partial charge in [0.15, 0.2) is 5.96 Å². The lowest BCUT2D eigenvalue weighted by atomic mass is 10.3. The largest absolute Gasteiger partial charge is 0.467 e. The molecule has 0 aliphatic rings. The predicted octanol–water partition coefficient (Wildman–Crippen LogP) is 4.29. The van der Waals surface area contributed by atoms with Crippen LogP contribution in [0.15, 0.2) is 52.1 Å². The Morgan fingerprint density at radius 2 is 2.05 bits per heavy atom. The number of hydrogen-bond acceptors (Lipinski definition) is 2. The standard InChI is InChI=1S/C16H20ClN3O/c1-2-3-10-18-16(19-12-15-5-4-11-21-15)20-14-8-6-13(17)7-9-14/h4-9,11H,2-3,10,12H2,1H3,(H2,18,19,20). The Labute approximate surface area is 130 Å². The first-order valence-electron chi connectivity index (χ1n) is 7.11. The second-order valence-corrected chi connectivity index (χ2v) is 5.09. The highest BCUT2D eigenvalue weighted by Crippen LogP contribution is 2.13. The molecule has 2 rings (SSSR count). The van der Waals surface area contributed by atoms with Crippen LogP contribution >= 0.6 is 11.6 Å². The van der Waals surface area contributed by atoms with Crippen LogP contribution in [0.5, 0.6) is 0 Å². The Morgan fingerprint density at radius 1 is 1.24 bits per heavy atom. The first kappa shape index (κ1) is 15.4. The zero-order valence-electron chi connectivity index (χ0n) is 12.1. The monoisotopic (exact) mass is 305 g/mol. The number of halogens is 1. The average molecular weight is 306 g/mol. The van der Waals surface area contributed by atoms with Crippen molar-refractivity contribution < 1.29 is 4.42 Å². The second-order valence-electron chi connectivity index (χ2n) is 4.66. The molecule has 1 heterocycles. The molecule has 5 heteroatoms. The summed E-state index contributed by atoms with van der Waals surface area (Å²) >= 11 is 5.89. The molecule has 21 heavy (non-hydrogen) atoms. The fourth-order valence-electron chi connectivity index (χ4n) is 1.75. The van der Waals surface area contributed by atoms with Crippen molar-refractivity contribution in [1.29, 1.82) is 0 Å². The van der Waals surface area contributed by atoms with E-state index < -0.39 is 0 Å². The summed E-state index contributed by atoms with van der Waals surface area (Å²) < 4.78 is 5.30. The van der Waals surface area contributed by atoms with Crippen LogP contribution < -0.4 is 10.6 Å². The van der Waals surface area contributed by atoms with E-state index >= 15 is 0 Å². The van der Waals surface area contributed by atoms with Gasteiger partial charge < -0.3 is 15.1 Å². The summed E-state index contributed by atoms with van der Waals surface area (Å²) in [5.74, 6) is 1.57. The van der Waals surface area contributed by atoms with Crippen molar-refractivity contribution >= 4 is 23.2 Å².